The highest BCUT2D eigenvalue weighted by Gasteiger charge is 2.51. The average molecular weight is 966 g/mol. The first-order chi connectivity index (χ1) is 22.2. The minimum Gasteiger partial charge on any atom is -0.440 e. The second kappa shape index (κ2) is 18.3. The van der Waals surface area contributed by atoms with Crippen LogP contribution in [0.5, 0.6) is 0 Å². The van der Waals surface area contributed by atoms with E-state index in [-0.39, 0.29) is 0 Å². The summed E-state index contributed by atoms with van der Waals surface area (Å²) in [5.74, 6) is 0. The molecule has 0 fully saturated rings. The van der Waals surface area contributed by atoms with E-state index in [2.05, 4.69) is 78.6 Å². The summed E-state index contributed by atoms with van der Waals surface area (Å²) in [6.07, 6.45) is 0. The van der Waals surface area contributed by atoms with Crippen LogP contribution in [0.4, 0.5) is 0 Å². The van der Waals surface area contributed by atoms with Crippen LogP contribution < -0.4 is 0 Å². The van der Waals surface area contributed by atoms with Gasteiger partial charge in [-0.05, 0) is 170 Å². The van der Waals surface area contributed by atoms with Gasteiger partial charge in [-0.2, -0.15) is 0 Å². The van der Waals surface area contributed by atoms with E-state index < -0.39 is 112 Å². The lowest BCUT2D eigenvalue weighted by Crippen LogP contribution is -2.62. The lowest BCUT2D eigenvalue weighted by atomic mass is 11.9. The molecule has 52 heavy (non-hydrogen) atoms. The summed E-state index contributed by atoms with van der Waals surface area (Å²) in [6.45, 7) is 52.7. The highest BCUT2D eigenvalue weighted by Crippen LogP contribution is 2.31. The smallest absolute Gasteiger partial charge is 0.320 e. The molecular formula is C26H80O13Si13. The molecule has 13 nitrogen and oxygen atoms in total. The largest absolute Gasteiger partial charge is 0.440 e. The van der Waals surface area contributed by atoms with E-state index in [9.17, 15) is 4.80 Å². The van der Waals surface area contributed by atoms with Crippen molar-refractivity contribution in [1.29, 1.82) is 0 Å². The molecule has 26 heteroatoms. The predicted octanol–water partition coefficient (Wildman–Crippen LogP) is 8.58. The summed E-state index contributed by atoms with van der Waals surface area (Å²) < 4.78 is 79.2. The molecule has 0 bridgehead atoms. The molecule has 0 heterocycles. The van der Waals surface area contributed by atoms with Crippen molar-refractivity contribution in [2.24, 2.45) is 0 Å². The molecule has 0 aromatic heterocycles. The summed E-state index contributed by atoms with van der Waals surface area (Å²) in [4.78, 5) is 10.3. The Morgan fingerprint density at radius 3 is 0.519 bits per heavy atom. The van der Waals surface area contributed by atoms with E-state index in [0.29, 0.717) is 0 Å². The first kappa shape index (κ1) is 54.3. The Morgan fingerprint density at radius 1 is 0.250 bits per heavy atom. The zero-order chi connectivity index (χ0) is 42.1. The standard InChI is InChI=1S/C26H80O13Si13/c1-40(2)28-42(5,6)30-44(9,10)32-46(13,14)34-48(17,18)36-50(21,22)38-52(25,26)39-51(23,24)37-49(19,20)35-47(15,16)33-45(11,12)31-43(7,8)29-41(3,4)27/h27,40H,1-26H3. The van der Waals surface area contributed by atoms with Crippen LogP contribution in [-0.4, -0.2) is 117 Å². The maximum Gasteiger partial charge on any atom is 0.320 e. The van der Waals surface area contributed by atoms with Crippen LogP contribution in [0.2, 0.25) is 170 Å². The van der Waals surface area contributed by atoms with E-state index in [4.69, 9.17) is 49.4 Å². The van der Waals surface area contributed by atoms with Gasteiger partial charge in [0.1, 0.15) is 0 Å². The van der Waals surface area contributed by atoms with Gasteiger partial charge in [-0.3, -0.25) is 0 Å². The molecule has 0 aliphatic carbocycles. The van der Waals surface area contributed by atoms with E-state index in [1.54, 1.807) is 13.1 Å². The molecule has 0 radical (unpaired) electrons. The molecule has 0 amide bonds. The summed E-state index contributed by atoms with van der Waals surface area (Å²) in [5, 5.41) is 0. The van der Waals surface area contributed by atoms with Crippen molar-refractivity contribution >= 4 is 112 Å². The molecule has 0 atom stereocenters. The van der Waals surface area contributed by atoms with Crippen molar-refractivity contribution < 1.29 is 54.2 Å². The fourth-order valence-corrected chi connectivity index (χ4v) is 70.1. The Hall–Kier alpha value is 2.30. The van der Waals surface area contributed by atoms with Crippen molar-refractivity contribution in [3.05, 3.63) is 0 Å². The van der Waals surface area contributed by atoms with Crippen LogP contribution in [0.15, 0.2) is 0 Å². The number of hydrogen-bond acceptors (Lipinski definition) is 13. The third-order valence-electron chi connectivity index (χ3n) is 5.93. The lowest BCUT2D eigenvalue weighted by Gasteiger charge is -2.45. The second-order valence-electron chi connectivity index (χ2n) is 19.1. The number of hydrogen-bond donors (Lipinski definition) is 1. The monoisotopic (exact) mass is 964 g/mol. The van der Waals surface area contributed by atoms with Gasteiger partial charge in [0, 0.05) is 0 Å². The molecule has 0 aromatic carbocycles. The molecule has 0 aliphatic heterocycles. The van der Waals surface area contributed by atoms with E-state index >= 15 is 0 Å². The van der Waals surface area contributed by atoms with E-state index in [1.165, 1.54) is 0 Å². The minimum absolute atomic E-state index is 1.24. The van der Waals surface area contributed by atoms with Gasteiger partial charge in [0.15, 0.2) is 9.04 Å². The molecular weight excluding hydrogens is 885 g/mol. The van der Waals surface area contributed by atoms with Crippen LogP contribution >= 0.6 is 0 Å². The lowest BCUT2D eigenvalue weighted by molar-refractivity contribution is 0.251. The second-order valence-corrected chi connectivity index (χ2v) is 64.8. The fraction of sp³-hybridized carbons (Fsp3) is 1.00. The first-order valence-corrected chi connectivity index (χ1v) is 54.9. The van der Waals surface area contributed by atoms with E-state index in [1.807, 2.05) is 78.6 Å². The maximum absolute atomic E-state index is 10.3. The Balaban J connectivity index is 5.58. The third kappa shape index (κ3) is 25.6. The van der Waals surface area contributed by atoms with Crippen molar-refractivity contribution in [2.45, 2.75) is 170 Å². The van der Waals surface area contributed by atoms with Crippen LogP contribution in [0.3, 0.4) is 0 Å². The maximum atomic E-state index is 10.3. The van der Waals surface area contributed by atoms with Crippen molar-refractivity contribution in [2.75, 3.05) is 0 Å². The van der Waals surface area contributed by atoms with Crippen molar-refractivity contribution in [1.82, 2.24) is 0 Å². The van der Waals surface area contributed by atoms with E-state index in [0.717, 1.165) is 0 Å². The molecule has 0 aromatic rings. The zero-order valence-electron chi connectivity index (χ0n) is 37.9. The van der Waals surface area contributed by atoms with Gasteiger partial charge in [0.05, 0.1) is 0 Å². The normalized spacial score (nSPS) is 15.9. The highest BCUT2D eigenvalue weighted by molar-refractivity contribution is 6.93. The fourth-order valence-electron chi connectivity index (χ4n) is 7.32. The molecule has 0 aliphatic rings. The van der Waals surface area contributed by atoms with Gasteiger partial charge in [0.25, 0.3) is 0 Å². The summed E-state index contributed by atoms with van der Waals surface area (Å²) in [5.41, 5.74) is 0. The van der Waals surface area contributed by atoms with Crippen LogP contribution in [0.25, 0.3) is 0 Å². The quantitative estimate of drug-likeness (QED) is 0.0929. The highest BCUT2D eigenvalue weighted by atomic mass is 28.5. The molecule has 0 saturated carbocycles. The average Bonchev–Trinajstić information content (AvgIpc) is 2.59. The SMILES string of the molecule is C[SiH](C)O[Si](C)(C)O[Si](C)(C)O[Si](C)(C)O[Si](C)(C)O[Si](C)(C)O[Si](C)(C)O[Si](C)(C)O[Si](C)(C)O[Si](C)(C)O[Si](C)(C)O[Si](C)(C)O[Si](C)(C)O. The first-order valence-electron chi connectivity index (χ1n) is 18.3. The van der Waals surface area contributed by atoms with Gasteiger partial charge >= 0.3 is 103 Å². The minimum atomic E-state index is -2.76. The third-order valence-corrected chi connectivity index (χ3v) is 53.4. The Labute approximate surface area is 334 Å². The molecule has 314 valence electrons. The Morgan fingerprint density at radius 2 is 0.385 bits per heavy atom. The van der Waals surface area contributed by atoms with Crippen LogP contribution in [-0.2, 0) is 49.4 Å². The molecule has 0 rings (SSSR count). The van der Waals surface area contributed by atoms with Gasteiger partial charge in [0.2, 0.25) is 0 Å². The predicted molar refractivity (Wildman–Crippen MR) is 244 cm³/mol. The molecule has 0 unspecified atom stereocenters. The van der Waals surface area contributed by atoms with Crippen LogP contribution in [0, 0.1) is 0 Å². The van der Waals surface area contributed by atoms with Gasteiger partial charge in [-0.25, -0.2) is 0 Å². The van der Waals surface area contributed by atoms with Gasteiger partial charge in [-0.15, -0.1) is 0 Å². The van der Waals surface area contributed by atoms with Crippen molar-refractivity contribution in [3.63, 3.8) is 0 Å². The van der Waals surface area contributed by atoms with Gasteiger partial charge < -0.3 is 54.2 Å². The summed E-state index contributed by atoms with van der Waals surface area (Å²) >= 11 is 0. The van der Waals surface area contributed by atoms with Crippen LogP contribution in [0.1, 0.15) is 0 Å². The topological polar surface area (TPSA) is 131 Å². The molecule has 0 spiro atoms. The number of rotatable bonds is 24. The van der Waals surface area contributed by atoms with Gasteiger partial charge in [-0.1, -0.05) is 0 Å². The Kier molecular flexibility index (Phi) is 19.1. The van der Waals surface area contributed by atoms with Crippen molar-refractivity contribution in [3.8, 4) is 0 Å². The molecule has 0 saturated heterocycles. The molecule has 1 N–H and O–H groups in total. The Bertz CT molecular complexity index is 1140. The zero-order valence-corrected chi connectivity index (χ0v) is 51.1. The summed E-state index contributed by atoms with van der Waals surface area (Å²) in [7, 11) is -33.1. The summed E-state index contributed by atoms with van der Waals surface area (Å²) in [6, 6.07) is 0.